The Morgan fingerprint density at radius 3 is 2.91 bits per heavy atom. The molecule has 0 unspecified atom stereocenters. The second kappa shape index (κ2) is 9.41. The van der Waals surface area contributed by atoms with Crippen LogP contribution in [0.2, 0.25) is 0 Å². The molecule has 0 bridgehead atoms. The lowest BCUT2D eigenvalue weighted by atomic mass is 10.4. The van der Waals surface area contributed by atoms with Crippen LogP contribution in [0.25, 0.3) is 0 Å². The lowest BCUT2D eigenvalue weighted by Gasteiger charge is -2.01. The van der Waals surface area contributed by atoms with Crippen molar-refractivity contribution < 1.29 is 4.74 Å². The van der Waals surface area contributed by atoms with Gasteiger partial charge in [0.2, 0.25) is 0 Å². The molecule has 3 nitrogen and oxygen atoms in total. The average Bonchev–Trinajstić information content (AvgIpc) is 2.03. The van der Waals surface area contributed by atoms with E-state index in [-0.39, 0.29) is 0 Å². The highest BCUT2D eigenvalue weighted by Crippen LogP contribution is 1.80. The Balaban J connectivity index is 2.75. The minimum atomic E-state index is 0.592. The Bertz CT molecular complexity index is 109. The van der Waals surface area contributed by atoms with Gasteiger partial charge < -0.3 is 10.1 Å². The maximum Gasteiger partial charge on any atom is 0.0635 e. The van der Waals surface area contributed by atoms with Crippen LogP contribution in [0.15, 0.2) is 0 Å². The van der Waals surface area contributed by atoms with Gasteiger partial charge in [0, 0.05) is 26.2 Å². The monoisotopic (exact) mass is 156 g/mol. The summed E-state index contributed by atoms with van der Waals surface area (Å²) in [5, 5.41) is 11.3. The topological polar surface area (TPSA) is 45.0 Å². The molecular formula is C8H16N2O. The quantitative estimate of drug-likeness (QED) is 0.557. The molecular weight excluding hydrogens is 140 g/mol. The fourth-order valence-corrected chi connectivity index (χ4v) is 0.713. The number of nitriles is 1. The molecule has 0 aromatic carbocycles. The molecule has 0 aromatic rings. The molecule has 0 aromatic heterocycles. The number of ether oxygens (including phenoxy) is 1. The standard InChI is InChI=1S/C8H16N2O/c1-2-11-8-4-7-10-6-3-5-9/h10H,2-4,6-8H2,1H3. The van der Waals surface area contributed by atoms with Crippen molar-refractivity contribution in [2.24, 2.45) is 0 Å². The highest BCUT2D eigenvalue weighted by molar-refractivity contribution is 4.69. The van der Waals surface area contributed by atoms with E-state index in [1.54, 1.807) is 0 Å². The van der Waals surface area contributed by atoms with Gasteiger partial charge in [-0.2, -0.15) is 5.26 Å². The molecule has 0 amide bonds. The second-order valence-corrected chi connectivity index (χ2v) is 2.21. The summed E-state index contributed by atoms with van der Waals surface area (Å²) >= 11 is 0. The van der Waals surface area contributed by atoms with Gasteiger partial charge in [0.1, 0.15) is 0 Å². The van der Waals surface area contributed by atoms with Gasteiger partial charge in [-0.25, -0.2) is 0 Å². The van der Waals surface area contributed by atoms with E-state index < -0.39 is 0 Å². The first-order valence-electron chi connectivity index (χ1n) is 4.07. The molecule has 1 N–H and O–H groups in total. The van der Waals surface area contributed by atoms with Crippen LogP contribution < -0.4 is 5.32 Å². The number of rotatable bonds is 7. The SMILES string of the molecule is CCOCCCNCCC#N. The van der Waals surface area contributed by atoms with Gasteiger partial charge in [-0.05, 0) is 19.9 Å². The van der Waals surface area contributed by atoms with Crippen molar-refractivity contribution in [3.8, 4) is 6.07 Å². The summed E-state index contributed by atoms with van der Waals surface area (Å²) in [4.78, 5) is 0. The fourth-order valence-electron chi connectivity index (χ4n) is 0.713. The third-order valence-corrected chi connectivity index (χ3v) is 1.26. The van der Waals surface area contributed by atoms with Crippen molar-refractivity contribution in [2.75, 3.05) is 26.3 Å². The minimum Gasteiger partial charge on any atom is -0.382 e. The van der Waals surface area contributed by atoms with E-state index in [2.05, 4.69) is 11.4 Å². The fraction of sp³-hybridized carbons (Fsp3) is 0.875. The highest BCUT2D eigenvalue weighted by Gasteiger charge is 1.86. The van der Waals surface area contributed by atoms with Crippen LogP contribution in [0.1, 0.15) is 19.8 Å². The number of nitrogens with one attached hydrogen (secondary N) is 1. The molecule has 64 valence electrons. The van der Waals surface area contributed by atoms with Crippen molar-refractivity contribution in [1.82, 2.24) is 5.32 Å². The molecule has 0 atom stereocenters. The first-order valence-corrected chi connectivity index (χ1v) is 4.07. The maximum absolute atomic E-state index is 8.19. The molecule has 0 rings (SSSR count). The summed E-state index contributed by atoms with van der Waals surface area (Å²) in [5.74, 6) is 0. The molecule has 0 saturated carbocycles. The summed E-state index contributed by atoms with van der Waals surface area (Å²) in [5.41, 5.74) is 0. The Hall–Kier alpha value is -0.590. The molecule has 11 heavy (non-hydrogen) atoms. The van der Waals surface area contributed by atoms with Gasteiger partial charge in [0.25, 0.3) is 0 Å². The first-order chi connectivity index (χ1) is 5.41. The maximum atomic E-state index is 8.19. The average molecular weight is 156 g/mol. The third-order valence-electron chi connectivity index (χ3n) is 1.26. The van der Waals surface area contributed by atoms with E-state index >= 15 is 0 Å². The molecule has 0 radical (unpaired) electrons. The minimum absolute atomic E-state index is 0.592. The molecule has 3 heteroatoms. The van der Waals surface area contributed by atoms with Crippen LogP contribution in [0, 0.1) is 11.3 Å². The van der Waals surface area contributed by atoms with Crippen molar-refractivity contribution in [2.45, 2.75) is 19.8 Å². The number of nitrogens with zero attached hydrogens (tertiary/aromatic N) is 1. The molecule has 0 spiro atoms. The van der Waals surface area contributed by atoms with Gasteiger partial charge in [0.05, 0.1) is 6.07 Å². The second-order valence-electron chi connectivity index (χ2n) is 2.21. The number of hydrogen-bond donors (Lipinski definition) is 1. The molecule has 0 saturated heterocycles. The van der Waals surface area contributed by atoms with E-state index in [1.165, 1.54) is 0 Å². The van der Waals surface area contributed by atoms with Crippen LogP contribution in [-0.2, 0) is 4.74 Å². The van der Waals surface area contributed by atoms with Gasteiger partial charge in [0.15, 0.2) is 0 Å². The zero-order valence-corrected chi connectivity index (χ0v) is 7.10. The van der Waals surface area contributed by atoms with Crippen molar-refractivity contribution in [3.05, 3.63) is 0 Å². The van der Waals surface area contributed by atoms with Gasteiger partial charge in [-0.1, -0.05) is 0 Å². The molecule has 0 aliphatic rings. The zero-order chi connectivity index (χ0) is 8.36. The van der Waals surface area contributed by atoms with Gasteiger partial charge in [-0.15, -0.1) is 0 Å². The van der Waals surface area contributed by atoms with Gasteiger partial charge in [-0.3, -0.25) is 0 Å². The predicted octanol–water partition coefficient (Wildman–Crippen LogP) is 0.916. The van der Waals surface area contributed by atoms with E-state index in [0.29, 0.717) is 6.42 Å². The normalized spacial score (nSPS) is 9.45. The van der Waals surface area contributed by atoms with Gasteiger partial charge >= 0.3 is 0 Å². The third kappa shape index (κ3) is 9.41. The summed E-state index contributed by atoms with van der Waals surface area (Å²) in [6.45, 7) is 5.33. The Kier molecular flexibility index (Phi) is 8.91. The van der Waals surface area contributed by atoms with E-state index in [1.807, 2.05) is 6.92 Å². The first kappa shape index (κ1) is 10.4. The van der Waals surface area contributed by atoms with E-state index in [0.717, 1.165) is 32.7 Å². The largest absolute Gasteiger partial charge is 0.382 e. The summed E-state index contributed by atoms with van der Waals surface area (Å²) in [7, 11) is 0. The molecule has 0 heterocycles. The molecule has 0 aliphatic heterocycles. The lowest BCUT2D eigenvalue weighted by molar-refractivity contribution is 0.145. The summed E-state index contributed by atoms with van der Waals surface area (Å²) in [6, 6.07) is 2.08. The Morgan fingerprint density at radius 1 is 1.45 bits per heavy atom. The lowest BCUT2D eigenvalue weighted by Crippen LogP contribution is -2.17. The van der Waals surface area contributed by atoms with Crippen LogP contribution in [0.5, 0.6) is 0 Å². The summed E-state index contributed by atoms with van der Waals surface area (Å²) < 4.78 is 5.14. The van der Waals surface area contributed by atoms with E-state index in [4.69, 9.17) is 10.00 Å². The zero-order valence-electron chi connectivity index (χ0n) is 7.10. The van der Waals surface area contributed by atoms with Crippen LogP contribution in [-0.4, -0.2) is 26.3 Å². The summed E-state index contributed by atoms with van der Waals surface area (Å²) in [6.07, 6.45) is 1.62. The van der Waals surface area contributed by atoms with E-state index in [9.17, 15) is 0 Å². The Morgan fingerprint density at radius 2 is 2.27 bits per heavy atom. The Labute approximate surface area is 68.3 Å². The molecule has 0 fully saturated rings. The highest BCUT2D eigenvalue weighted by atomic mass is 16.5. The van der Waals surface area contributed by atoms with Crippen molar-refractivity contribution in [1.29, 1.82) is 5.26 Å². The predicted molar refractivity (Wildman–Crippen MR) is 44.2 cm³/mol. The van der Waals surface area contributed by atoms with Crippen LogP contribution in [0.4, 0.5) is 0 Å². The molecule has 0 aliphatic carbocycles. The van der Waals surface area contributed by atoms with Crippen LogP contribution in [0.3, 0.4) is 0 Å². The van der Waals surface area contributed by atoms with Crippen LogP contribution >= 0.6 is 0 Å². The smallest absolute Gasteiger partial charge is 0.0635 e. The van der Waals surface area contributed by atoms with Crippen molar-refractivity contribution >= 4 is 0 Å². The van der Waals surface area contributed by atoms with Crippen molar-refractivity contribution in [3.63, 3.8) is 0 Å². The number of hydrogen-bond acceptors (Lipinski definition) is 3.